The minimum absolute atomic E-state index is 0.197. The summed E-state index contributed by atoms with van der Waals surface area (Å²) in [5.41, 5.74) is 0. The molecule has 0 aliphatic heterocycles. The molecule has 0 spiro atoms. The van der Waals surface area contributed by atoms with Crippen molar-refractivity contribution in [1.82, 2.24) is 0 Å². The molecule has 0 aliphatic rings. The van der Waals surface area contributed by atoms with Crippen LogP contribution < -0.4 is 0 Å². The van der Waals surface area contributed by atoms with Crippen LogP contribution in [0.15, 0.2) is 47.4 Å². The molecule has 0 amide bonds. The van der Waals surface area contributed by atoms with E-state index in [0.29, 0.717) is 5.39 Å². The first kappa shape index (κ1) is 10.9. The van der Waals surface area contributed by atoms with Gasteiger partial charge < -0.3 is 0 Å². The Balaban J connectivity index is 2.83. The van der Waals surface area contributed by atoms with Gasteiger partial charge in [0.1, 0.15) is 0 Å². The third-order valence-electron chi connectivity index (χ3n) is 2.09. The van der Waals surface area contributed by atoms with Gasteiger partial charge in [-0.3, -0.25) is 0 Å². The molecular weight excluding hydrogens is 397 g/mol. The first-order chi connectivity index (χ1) is 7.15. The molecule has 2 rings (SSSR count). The van der Waals surface area contributed by atoms with Crippen LogP contribution in [0.3, 0.4) is 0 Å². The first-order valence-corrected chi connectivity index (χ1v) is 6.44. The average Bonchev–Trinajstić information content (AvgIpc) is 2.28. The third kappa shape index (κ3) is 2.00. The summed E-state index contributed by atoms with van der Waals surface area (Å²) < 4.78 is 27.6. The zero-order chi connectivity index (χ0) is 10.9. The quantitative estimate of drug-likeness (QED) is 0.720. The van der Waals surface area contributed by atoms with Crippen LogP contribution in [0.25, 0.3) is 10.8 Å². The van der Waals surface area contributed by atoms with Gasteiger partial charge in [-0.15, -0.1) is 0 Å². The van der Waals surface area contributed by atoms with Gasteiger partial charge in [0.05, 0.1) is 0 Å². The van der Waals surface area contributed by atoms with Crippen LogP contribution in [-0.2, 0) is 34.3 Å². The van der Waals surface area contributed by atoms with Gasteiger partial charge in [0.25, 0.3) is 0 Å². The molecular formula is C10H7AuO3S. The molecule has 0 bridgehead atoms. The number of hydrogen-bond acceptors (Lipinski definition) is 3. The summed E-state index contributed by atoms with van der Waals surface area (Å²) in [5, 5.41) is 1.55. The molecule has 0 fully saturated rings. The molecule has 0 aromatic heterocycles. The van der Waals surface area contributed by atoms with E-state index >= 15 is 0 Å². The Hall–Kier alpha value is -0.650. The Kier molecular flexibility index (Phi) is 2.95. The molecule has 0 saturated heterocycles. The normalized spacial score (nSPS) is 11.9. The number of benzene rings is 2. The van der Waals surface area contributed by atoms with Gasteiger partial charge in [-0.25, -0.2) is 0 Å². The summed E-state index contributed by atoms with van der Waals surface area (Å²) in [6.45, 7) is 0. The summed E-state index contributed by atoms with van der Waals surface area (Å²) in [4.78, 5) is 0.197. The van der Waals surface area contributed by atoms with Crippen LogP contribution in [0.2, 0.25) is 0 Å². The zero-order valence-corrected chi connectivity index (χ0v) is 10.5. The molecule has 0 saturated carbocycles. The maximum atomic E-state index is 11.6. The zero-order valence-electron chi connectivity index (χ0n) is 7.48. The van der Waals surface area contributed by atoms with Gasteiger partial charge in [0.2, 0.25) is 0 Å². The molecule has 2 aromatic carbocycles. The fourth-order valence-electron chi connectivity index (χ4n) is 1.44. The SMILES string of the molecule is O=S(=O)([O][Au])c1cccc2ccccc12. The number of rotatable bonds is 2. The Morgan fingerprint density at radius 1 is 1.00 bits per heavy atom. The fourth-order valence-corrected chi connectivity index (χ4v) is 2.78. The first-order valence-electron chi connectivity index (χ1n) is 4.15. The van der Waals surface area contributed by atoms with Crippen LogP contribution in [-0.4, -0.2) is 8.42 Å². The molecule has 0 aliphatic carbocycles. The van der Waals surface area contributed by atoms with E-state index < -0.39 is 10.1 Å². The second kappa shape index (κ2) is 4.08. The Labute approximate surface area is 101 Å². The molecule has 3 nitrogen and oxygen atoms in total. The summed E-state index contributed by atoms with van der Waals surface area (Å²) in [7, 11) is -3.65. The molecule has 0 unspecified atom stereocenters. The van der Waals surface area contributed by atoms with E-state index in [1.165, 1.54) is 6.07 Å². The second-order valence-corrected chi connectivity index (χ2v) is 5.51. The summed E-state index contributed by atoms with van der Waals surface area (Å²) in [5.74, 6) is 0. The number of hydrogen-bond donors (Lipinski definition) is 0. The maximum absolute atomic E-state index is 11.6. The van der Waals surface area contributed by atoms with E-state index in [-0.39, 0.29) is 4.90 Å². The predicted octanol–water partition coefficient (Wildman–Crippen LogP) is 2.01. The van der Waals surface area contributed by atoms with E-state index in [1.54, 1.807) is 39.7 Å². The Bertz CT molecular complexity index is 587. The van der Waals surface area contributed by atoms with Crippen LogP contribution in [0.1, 0.15) is 0 Å². The van der Waals surface area contributed by atoms with E-state index in [1.807, 2.05) is 18.2 Å². The van der Waals surface area contributed by atoms with Gasteiger partial charge in [-0.2, -0.15) is 0 Å². The summed E-state index contributed by atoms with van der Waals surface area (Å²) in [6, 6.07) is 12.4. The predicted molar refractivity (Wildman–Crippen MR) is 52.2 cm³/mol. The molecule has 2 aromatic rings. The van der Waals surface area contributed by atoms with Crippen LogP contribution in [0.5, 0.6) is 0 Å². The van der Waals surface area contributed by atoms with Gasteiger partial charge in [-0.05, 0) is 0 Å². The standard InChI is InChI=1S/C10H8O3S.Au/c11-14(12,13)10-7-3-5-8-4-1-2-6-9(8)10;/h1-7H,(H,11,12,13);/q;+1/p-1. The van der Waals surface area contributed by atoms with Crippen molar-refractivity contribution in [1.29, 1.82) is 0 Å². The molecule has 82 valence electrons. The van der Waals surface area contributed by atoms with Gasteiger partial charge in [-0.1, -0.05) is 0 Å². The third-order valence-corrected chi connectivity index (χ3v) is 4.54. The molecule has 0 atom stereocenters. The van der Waals surface area contributed by atoms with Crippen molar-refractivity contribution < 1.29 is 32.6 Å². The van der Waals surface area contributed by atoms with Crippen molar-refractivity contribution in [3.63, 3.8) is 0 Å². The van der Waals surface area contributed by atoms with Crippen molar-refractivity contribution in [3.8, 4) is 0 Å². The molecule has 15 heavy (non-hydrogen) atoms. The molecule has 5 heteroatoms. The van der Waals surface area contributed by atoms with Crippen molar-refractivity contribution >= 4 is 20.9 Å². The van der Waals surface area contributed by atoms with Crippen LogP contribution in [0, 0.1) is 0 Å². The monoisotopic (exact) mass is 404 g/mol. The van der Waals surface area contributed by atoms with Crippen molar-refractivity contribution in [2.45, 2.75) is 4.90 Å². The van der Waals surface area contributed by atoms with Crippen molar-refractivity contribution in [2.75, 3.05) is 0 Å². The summed E-state index contributed by atoms with van der Waals surface area (Å²) in [6.07, 6.45) is 0. The summed E-state index contributed by atoms with van der Waals surface area (Å²) >= 11 is 1.56. The molecule has 0 radical (unpaired) electrons. The average molecular weight is 404 g/mol. The van der Waals surface area contributed by atoms with E-state index in [4.69, 9.17) is 0 Å². The Morgan fingerprint density at radius 2 is 1.67 bits per heavy atom. The van der Waals surface area contributed by atoms with Crippen molar-refractivity contribution in [3.05, 3.63) is 42.5 Å². The van der Waals surface area contributed by atoms with E-state index in [2.05, 4.69) is 2.69 Å². The Morgan fingerprint density at radius 3 is 2.40 bits per heavy atom. The second-order valence-electron chi connectivity index (χ2n) is 2.98. The van der Waals surface area contributed by atoms with Crippen LogP contribution >= 0.6 is 0 Å². The topological polar surface area (TPSA) is 43.4 Å². The van der Waals surface area contributed by atoms with E-state index in [9.17, 15) is 8.42 Å². The fraction of sp³-hybridized carbons (Fsp3) is 0. The van der Waals surface area contributed by atoms with E-state index in [0.717, 1.165) is 5.39 Å². The van der Waals surface area contributed by atoms with Crippen LogP contribution in [0.4, 0.5) is 0 Å². The van der Waals surface area contributed by atoms with Crippen molar-refractivity contribution in [2.24, 2.45) is 0 Å². The molecule has 0 heterocycles. The number of fused-ring (bicyclic) bond motifs is 1. The molecule has 0 N–H and O–H groups in total. The van der Waals surface area contributed by atoms with Gasteiger partial charge in [0.15, 0.2) is 0 Å². The minimum atomic E-state index is -3.65. The van der Waals surface area contributed by atoms with Gasteiger partial charge >= 0.3 is 101 Å². The van der Waals surface area contributed by atoms with Gasteiger partial charge in [0, 0.05) is 0 Å².